The van der Waals surface area contributed by atoms with E-state index in [-0.39, 0.29) is 5.54 Å². The topological polar surface area (TPSA) is 69.8 Å². The van der Waals surface area contributed by atoms with Gasteiger partial charge in [0, 0.05) is 19.6 Å². The molecule has 1 aliphatic carbocycles. The van der Waals surface area contributed by atoms with Crippen molar-refractivity contribution in [2.45, 2.75) is 44.8 Å². The zero-order valence-corrected chi connectivity index (χ0v) is 12.0. The summed E-state index contributed by atoms with van der Waals surface area (Å²) in [5.74, 6) is 1.52. The highest BCUT2D eigenvalue weighted by Gasteiger charge is 2.46. The molecular weight excluding hydrogens is 252 g/mol. The summed E-state index contributed by atoms with van der Waals surface area (Å²) >= 11 is 0. The van der Waals surface area contributed by atoms with Gasteiger partial charge in [-0.15, -0.1) is 10.2 Å². The summed E-state index contributed by atoms with van der Waals surface area (Å²) in [5.41, 5.74) is -0.377. The highest BCUT2D eigenvalue weighted by Crippen LogP contribution is 2.40. The lowest BCUT2D eigenvalue weighted by Crippen LogP contribution is -2.55. The van der Waals surface area contributed by atoms with E-state index in [1.165, 1.54) is 12.8 Å². The Bertz CT molecular complexity index is 500. The van der Waals surface area contributed by atoms with Crippen molar-refractivity contribution < 1.29 is 0 Å². The maximum Gasteiger partial charge on any atom is 0.147 e. The summed E-state index contributed by atoms with van der Waals surface area (Å²) in [6, 6.07) is 2.58. The first-order valence-corrected chi connectivity index (χ1v) is 7.53. The van der Waals surface area contributed by atoms with Crippen molar-refractivity contribution in [3.05, 3.63) is 12.2 Å². The van der Waals surface area contributed by atoms with Crippen LogP contribution in [0.3, 0.4) is 0 Å². The molecule has 1 aliphatic heterocycles. The molecule has 20 heavy (non-hydrogen) atoms. The average Bonchev–Trinajstić information content (AvgIpc) is 3.22. The van der Waals surface area contributed by atoms with Crippen LogP contribution in [0.25, 0.3) is 0 Å². The Morgan fingerprint density at radius 3 is 3.05 bits per heavy atom. The smallest absolute Gasteiger partial charge is 0.147 e. The van der Waals surface area contributed by atoms with Crippen molar-refractivity contribution in [2.75, 3.05) is 19.6 Å². The Labute approximate surface area is 119 Å². The molecule has 3 rings (SSSR count). The SMILES string of the molecule is CCCNC(C#N)(CN1CCn2cnnc2C1)C1CC1. The molecule has 1 aromatic heterocycles. The maximum absolute atomic E-state index is 9.73. The molecule has 108 valence electrons. The summed E-state index contributed by atoms with van der Waals surface area (Å²) in [6.07, 6.45) is 5.20. The highest BCUT2D eigenvalue weighted by molar-refractivity contribution is 5.17. The van der Waals surface area contributed by atoms with Gasteiger partial charge in [0.1, 0.15) is 17.7 Å². The van der Waals surface area contributed by atoms with Crippen molar-refractivity contribution in [3.8, 4) is 6.07 Å². The third kappa shape index (κ3) is 2.56. The van der Waals surface area contributed by atoms with E-state index in [0.29, 0.717) is 5.92 Å². The van der Waals surface area contributed by atoms with Crippen LogP contribution in [-0.4, -0.2) is 44.8 Å². The van der Waals surface area contributed by atoms with Crippen molar-refractivity contribution in [2.24, 2.45) is 5.92 Å². The molecule has 0 bridgehead atoms. The Morgan fingerprint density at radius 1 is 1.50 bits per heavy atom. The maximum atomic E-state index is 9.73. The van der Waals surface area contributed by atoms with Gasteiger partial charge in [0.15, 0.2) is 0 Å². The molecule has 1 saturated carbocycles. The van der Waals surface area contributed by atoms with Crippen LogP contribution in [0, 0.1) is 17.2 Å². The summed E-state index contributed by atoms with van der Waals surface area (Å²) in [4.78, 5) is 2.34. The normalized spacial score (nSPS) is 22.0. The molecule has 6 heteroatoms. The fourth-order valence-electron chi connectivity index (χ4n) is 3.02. The molecular formula is C14H22N6. The molecule has 0 spiro atoms. The lowest BCUT2D eigenvalue weighted by atomic mass is 9.93. The van der Waals surface area contributed by atoms with Crippen LogP contribution in [0.1, 0.15) is 32.0 Å². The van der Waals surface area contributed by atoms with E-state index in [2.05, 4.69) is 38.0 Å². The van der Waals surface area contributed by atoms with Crippen LogP contribution in [0.15, 0.2) is 6.33 Å². The van der Waals surface area contributed by atoms with Gasteiger partial charge < -0.3 is 4.57 Å². The van der Waals surface area contributed by atoms with Crippen LogP contribution >= 0.6 is 0 Å². The first-order valence-electron chi connectivity index (χ1n) is 7.53. The minimum Gasteiger partial charge on any atom is -0.315 e. The molecule has 6 nitrogen and oxygen atoms in total. The first-order chi connectivity index (χ1) is 9.77. The van der Waals surface area contributed by atoms with Gasteiger partial charge in [-0.25, -0.2) is 0 Å². The van der Waals surface area contributed by atoms with Gasteiger partial charge in [-0.3, -0.25) is 10.2 Å². The van der Waals surface area contributed by atoms with Gasteiger partial charge in [-0.1, -0.05) is 6.92 Å². The Hall–Kier alpha value is -1.45. The third-order valence-corrected chi connectivity index (χ3v) is 4.36. The van der Waals surface area contributed by atoms with E-state index in [4.69, 9.17) is 0 Å². The minimum absolute atomic E-state index is 0.377. The number of nitriles is 1. The number of fused-ring (bicyclic) bond motifs is 1. The minimum atomic E-state index is -0.377. The second kappa shape index (κ2) is 5.51. The van der Waals surface area contributed by atoms with E-state index < -0.39 is 0 Å². The average molecular weight is 274 g/mol. The first kappa shape index (κ1) is 13.5. The summed E-state index contributed by atoms with van der Waals surface area (Å²) in [7, 11) is 0. The quantitative estimate of drug-likeness (QED) is 0.829. The number of nitrogens with zero attached hydrogens (tertiary/aromatic N) is 5. The van der Waals surface area contributed by atoms with Gasteiger partial charge in [-0.05, 0) is 31.7 Å². The highest BCUT2D eigenvalue weighted by atomic mass is 15.3. The molecule has 1 atom stereocenters. The van der Waals surface area contributed by atoms with Crippen LogP contribution in [0.4, 0.5) is 0 Å². The Kier molecular flexibility index (Phi) is 3.72. The van der Waals surface area contributed by atoms with E-state index in [0.717, 1.165) is 45.0 Å². The van der Waals surface area contributed by atoms with E-state index in [1.807, 2.05) is 0 Å². The number of aromatic nitrogens is 3. The molecule has 1 fully saturated rings. The van der Waals surface area contributed by atoms with Gasteiger partial charge in [-0.2, -0.15) is 5.26 Å². The van der Waals surface area contributed by atoms with Gasteiger partial charge in [0.25, 0.3) is 0 Å². The molecule has 1 N–H and O–H groups in total. The fourth-order valence-corrected chi connectivity index (χ4v) is 3.02. The lowest BCUT2D eigenvalue weighted by Gasteiger charge is -2.36. The van der Waals surface area contributed by atoms with E-state index in [1.54, 1.807) is 6.33 Å². The molecule has 1 unspecified atom stereocenters. The molecule has 1 aromatic rings. The zero-order chi connectivity index (χ0) is 14.0. The third-order valence-electron chi connectivity index (χ3n) is 4.36. The molecule has 2 aliphatic rings. The van der Waals surface area contributed by atoms with Crippen molar-refractivity contribution in [1.82, 2.24) is 25.0 Å². The van der Waals surface area contributed by atoms with Gasteiger partial charge in [0.2, 0.25) is 0 Å². The fraction of sp³-hybridized carbons (Fsp3) is 0.786. The standard InChI is InChI=1S/C14H22N6/c1-2-5-16-14(9-15,12-3-4-12)10-19-6-7-20-11-17-18-13(20)8-19/h11-12,16H,2-8,10H2,1H3. The molecule has 0 radical (unpaired) electrons. The predicted octanol–water partition coefficient (Wildman–Crippen LogP) is 0.766. The number of rotatable bonds is 6. The molecule has 2 heterocycles. The van der Waals surface area contributed by atoms with Crippen LogP contribution in [0.5, 0.6) is 0 Å². The zero-order valence-electron chi connectivity index (χ0n) is 12.0. The summed E-state index contributed by atoms with van der Waals surface area (Å²) in [5, 5.41) is 21.4. The summed E-state index contributed by atoms with van der Waals surface area (Å²) in [6.45, 7) is 6.53. The van der Waals surface area contributed by atoms with Crippen molar-refractivity contribution in [3.63, 3.8) is 0 Å². The van der Waals surface area contributed by atoms with Gasteiger partial charge >= 0.3 is 0 Å². The van der Waals surface area contributed by atoms with Crippen LogP contribution in [0.2, 0.25) is 0 Å². The number of nitrogens with one attached hydrogen (secondary N) is 1. The van der Waals surface area contributed by atoms with Crippen molar-refractivity contribution >= 4 is 0 Å². The number of hydrogen-bond acceptors (Lipinski definition) is 5. The monoisotopic (exact) mass is 274 g/mol. The Balaban J connectivity index is 1.69. The van der Waals surface area contributed by atoms with E-state index in [9.17, 15) is 5.26 Å². The molecule has 0 saturated heterocycles. The number of hydrogen-bond donors (Lipinski definition) is 1. The van der Waals surface area contributed by atoms with Crippen LogP contribution in [-0.2, 0) is 13.1 Å². The largest absolute Gasteiger partial charge is 0.315 e. The second-order valence-corrected chi connectivity index (χ2v) is 5.94. The predicted molar refractivity (Wildman–Crippen MR) is 74.7 cm³/mol. The van der Waals surface area contributed by atoms with Crippen LogP contribution < -0.4 is 5.32 Å². The van der Waals surface area contributed by atoms with E-state index >= 15 is 0 Å². The Morgan fingerprint density at radius 2 is 2.35 bits per heavy atom. The molecule has 0 amide bonds. The van der Waals surface area contributed by atoms with Crippen molar-refractivity contribution in [1.29, 1.82) is 5.26 Å². The lowest BCUT2D eigenvalue weighted by molar-refractivity contribution is 0.160. The second-order valence-electron chi connectivity index (χ2n) is 5.94. The van der Waals surface area contributed by atoms with Gasteiger partial charge in [0.05, 0.1) is 12.6 Å². The summed E-state index contributed by atoms with van der Waals surface area (Å²) < 4.78 is 2.10. The molecule has 0 aromatic carbocycles.